The van der Waals surface area contributed by atoms with Gasteiger partial charge >= 0.3 is 0 Å². The quantitative estimate of drug-likeness (QED) is 0.820. The first-order valence-electron chi connectivity index (χ1n) is 8.77. The summed E-state index contributed by atoms with van der Waals surface area (Å²) in [7, 11) is 0. The molecule has 2 atom stereocenters. The van der Waals surface area contributed by atoms with Gasteiger partial charge in [0.25, 0.3) is 0 Å². The van der Waals surface area contributed by atoms with Gasteiger partial charge in [-0.05, 0) is 62.7 Å². The van der Waals surface area contributed by atoms with Crippen LogP contribution in [-0.4, -0.2) is 30.6 Å². The number of hydrogen-bond donors (Lipinski definition) is 1. The lowest BCUT2D eigenvalue weighted by Gasteiger charge is -2.36. The largest absolute Gasteiger partial charge is 0.310 e. The van der Waals surface area contributed by atoms with E-state index in [9.17, 15) is 0 Å². The van der Waals surface area contributed by atoms with Crippen molar-refractivity contribution in [3.63, 3.8) is 0 Å². The molecule has 2 unspecified atom stereocenters. The average Bonchev–Trinajstić information content (AvgIpc) is 2.53. The van der Waals surface area contributed by atoms with Crippen LogP contribution in [0.2, 0.25) is 0 Å². The van der Waals surface area contributed by atoms with Crippen molar-refractivity contribution in [3.8, 4) is 0 Å². The zero-order valence-corrected chi connectivity index (χ0v) is 14.1. The van der Waals surface area contributed by atoms with E-state index in [1.807, 2.05) is 0 Å². The average molecular weight is 288 g/mol. The highest BCUT2D eigenvalue weighted by molar-refractivity contribution is 5.26. The zero-order valence-electron chi connectivity index (χ0n) is 14.1. The van der Waals surface area contributed by atoms with Crippen molar-refractivity contribution in [2.45, 2.75) is 59.0 Å². The summed E-state index contributed by atoms with van der Waals surface area (Å²) in [5.74, 6) is 0.805. The third-order valence-electron chi connectivity index (χ3n) is 4.90. The molecule has 0 radical (unpaired) electrons. The SMILES string of the molecule is CCCN1CCCC(C(C)NCc2ccccc2CC)C1. The Kier molecular flexibility index (Phi) is 6.72. The first-order chi connectivity index (χ1) is 10.2. The molecule has 0 spiro atoms. The molecular formula is C19H32N2. The van der Waals surface area contributed by atoms with Crippen LogP contribution in [0, 0.1) is 5.92 Å². The summed E-state index contributed by atoms with van der Waals surface area (Å²) in [4.78, 5) is 2.65. The fourth-order valence-electron chi connectivity index (χ4n) is 3.53. The maximum atomic E-state index is 3.78. The highest BCUT2D eigenvalue weighted by Crippen LogP contribution is 2.20. The summed E-state index contributed by atoms with van der Waals surface area (Å²) >= 11 is 0. The summed E-state index contributed by atoms with van der Waals surface area (Å²) in [6.45, 7) is 11.7. The molecule has 118 valence electrons. The summed E-state index contributed by atoms with van der Waals surface area (Å²) in [6.07, 6.45) is 5.14. The molecule has 2 rings (SSSR count). The van der Waals surface area contributed by atoms with Crippen molar-refractivity contribution in [3.05, 3.63) is 35.4 Å². The highest BCUT2D eigenvalue weighted by Gasteiger charge is 2.23. The molecule has 1 N–H and O–H groups in total. The summed E-state index contributed by atoms with van der Waals surface area (Å²) < 4.78 is 0. The molecule has 1 aliphatic heterocycles. The van der Waals surface area contributed by atoms with Gasteiger partial charge in [-0.25, -0.2) is 0 Å². The third-order valence-corrected chi connectivity index (χ3v) is 4.90. The van der Waals surface area contributed by atoms with Crippen LogP contribution < -0.4 is 5.32 Å². The van der Waals surface area contributed by atoms with E-state index in [0.717, 1.165) is 18.9 Å². The molecule has 1 fully saturated rings. The number of nitrogens with zero attached hydrogens (tertiary/aromatic N) is 1. The minimum Gasteiger partial charge on any atom is -0.310 e. The van der Waals surface area contributed by atoms with Crippen molar-refractivity contribution in [1.82, 2.24) is 10.2 Å². The summed E-state index contributed by atoms with van der Waals surface area (Å²) in [6, 6.07) is 9.43. The molecule has 0 aliphatic carbocycles. The van der Waals surface area contributed by atoms with Crippen LogP contribution in [0.1, 0.15) is 51.2 Å². The first kappa shape index (κ1) is 16.5. The van der Waals surface area contributed by atoms with Gasteiger partial charge in [0, 0.05) is 19.1 Å². The Morgan fingerprint density at radius 2 is 2.00 bits per heavy atom. The molecule has 2 nitrogen and oxygen atoms in total. The molecule has 0 bridgehead atoms. The van der Waals surface area contributed by atoms with Gasteiger partial charge in [-0.1, -0.05) is 38.1 Å². The molecule has 0 saturated carbocycles. The van der Waals surface area contributed by atoms with E-state index in [1.54, 1.807) is 0 Å². The van der Waals surface area contributed by atoms with E-state index in [1.165, 1.54) is 50.0 Å². The van der Waals surface area contributed by atoms with Crippen molar-refractivity contribution >= 4 is 0 Å². The summed E-state index contributed by atoms with van der Waals surface area (Å²) in [5, 5.41) is 3.78. The maximum Gasteiger partial charge on any atom is 0.0210 e. The fourth-order valence-corrected chi connectivity index (χ4v) is 3.53. The van der Waals surface area contributed by atoms with E-state index < -0.39 is 0 Å². The Labute approximate surface area is 130 Å². The molecule has 1 aromatic rings. The molecule has 0 amide bonds. The minimum atomic E-state index is 0.606. The highest BCUT2D eigenvalue weighted by atomic mass is 15.1. The zero-order chi connectivity index (χ0) is 15.1. The number of nitrogens with one attached hydrogen (secondary N) is 1. The molecule has 1 aliphatic rings. The van der Waals surface area contributed by atoms with Gasteiger partial charge in [0.15, 0.2) is 0 Å². The van der Waals surface area contributed by atoms with Crippen molar-refractivity contribution in [1.29, 1.82) is 0 Å². The Balaban J connectivity index is 1.85. The molecule has 1 aromatic carbocycles. The van der Waals surface area contributed by atoms with Crippen LogP contribution in [0.15, 0.2) is 24.3 Å². The number of benzene rings is 1. The van der Waals surface area contributed by atoms with Crippen LogP contribution in [0.4, 0.5) is 0 Å². The fraction of sp³-hybridized carbons (Fsp3) is 0.684. The van der Waals surface area contributed by atoms with E-state index in [-0.39, 0.29) is 0 Å². The summed E-state index contributed by atoms with van der Waals surface area (Å²) in [5.41, 5.74) is 2.95. The van der Waals surface area contributed by atoms with Gasteiger partial charge in [0.1, 0.15) is 0 Å². The van der Waals surface area contributed by atoms with Crippen molar-refractivity contribution in [2.75, 3.05) is 19.6 Å². The monoisotopic (exact) mass is 288 g/mol. The second-order valence-corrected chi connectivity index (χ2v) is 6.49. The van der Waals surface area contributed by atoms with Crippen LogP contribution in [0.25, 0.3) is 0 Å². The molecular weight excluding hydrogens is 256 g/mol. The molecule has 0 aromatic heterocycles. The van der Waals surface area contributed by atoms with E-state index in [4.69, 9.17) is 0 Å². The second-order valence-electron chi connectivity index (χ2n) is 6.49. The first-order valence-corrected chi connectivity index (χ1v) is 8.77. The number of piperidine rings is 1. The number of aryl methyl sites for hydroxylation is 1. The van der Waals surface area contributed by atoms with Crippen molar-refractivity contribution < 1.29 is 0 Å². The number of likely N-dealkylation sites (tertiary alicyclic amines) is 1. The van der Waals surface area contributed by atoms with Gasteiger partial charge in [-0.3, -0.25) is 0 Å². The Morgan fingerprint density at radius 3 is 2.71 bits per heavy atom. The van der Waals surface area contributed by atoms with Crippen LogP contribution in [-0.2, 0) is 13.0 Å². The van der Waals surface area contributed by atoms with Crippen LogP contribution >= 0.6 is 0 Å². The topological polar surface area (TPSA) is 15.3 Å². The van der Waals surface area contributed by atoms with Gasteiger partial charge in [-0.15, -0.1) is 0 Å². The molecule has 1 heterocycles. The van der Waals surface area contributed by atoms with E-state index in [2.05, 4.69) is 55.3 Å². The van der Waals surface area contributed by atoms with Crippen LogP contribution in [0.5, 0.6) is 0 Å². The predicted molar refractivity (Wildman–Crippen MR) is 91.6 cm³/mol. The lowest BCUT2D eigenvalue weighted by atomic mass is 9.91. The molecule has 21 heavy (non-hydrogen) atoms. The van der Waals surface area contributed by atoms with Gasteiger partial charge in [0.2, 0.25) is 0 Å². The lowest BCUT2D eigenvalue weighted by molar-refractivity contribution is 0.150. The van der Waals surface area contributed by atoms with E-state index >= 15 is 0 Å². The lowest BCUT2D eigenvalue weighted by Crippen LogP contribution is -2.44. The molecule has 2 heteroatoms. The standard InChI is InChI=1S/C19H32N2/c1-4-12-21-13-8-11-19(15-21)16(3)20-14-18-10-7-6-9-17(18)5-2/h6-7,9-10,16,19-20H,4-5,8,11-15H2,1-3H3. The number of rotatable bonds is 7. The maximum absolute atomic E-state index is 3.78. The van der Waals surface area contributed by atoms with Crippen LogP contribution in [0.3, 0.4) is 0 Å². The number of hydrogen-bond acceptors (Lipinski definition) is 2. The minimum absolute atomic E-state index is 0.606. The second kappa shape index (κ2) is 8.55. The Bertz CT molecular complexity index is 414. The van der Waals surface area contributed by atoms with Crippen molar-refractivity contribution in [2.24, 2.45) is 5.92 Å². The third kappa shape index (κ3) is 4.82. The van der Waals surface area contributed by atoms with Gasteiger partial charge < -0.3 is 10.2 Å². The molecule has 1 saturated heterocycles. The predicted octanol–water partition coefficient (Wildman–Crippen LogP) is 3.85. The van der Waals surface area contributed by atoms with Gasteiger partial charge in [-0.2, -0.15) is 0 Å². The Morgan fingerprint density at radius 1 is 1.24 bits per heavy atom. The Hall–Kier alpha value is -0.860. The van der Waals surface area contributed by atoms with E-state index in [0.29, 0.717) is 6.04 Å². The smallest absolute Gasteiger partial charge is 0.0210 e. The van der Waals surface area contributed by atoms with Gasteiger partial charge in [0.05, 0.1) is 0 Å². The normalized spacial score (nSPS) is 21.4.